The summed E-state index contributed by atoms with van der Waals surface area (Å²) in [5, 5.41) is 0. The number of hydrogen-bond acceptors (Lipinski definition) is 3. The van der Waals surface area contributed by atoms with Crippen LogP contribution in [0.4, 0.5) is 0 Å². The van der Waals surface area contributed by atoms with Crippen LogP contribution in [0.15, 0.2) is 65.6 Å². The Kier molecular flexibility index (Phi) is 6.06. The van der Waals surface area contributed by atoms with Crippen molar-refractivity contribution < 1.29 is 13.2 Å². The topological polar surface area (TPSA) is 57.7 Å². The van der Waals surface area contributed by atoms with Gasteiger partial charge in [-0.2, -0.15) is 4.31 Å². The average Bonchev–Trinajstić information content (AvgIpc) is 2.69. The quantitative estimate of drug-likeness (QED) is 0.783. The minimum atomic E-state index is -3.47. The molecule has 0 atom stereocenters. The third kappa shape index (κ3) is 4.51. The minimum Gasteiger partial charge on any atom is -0.340 e. The standard InChI is InChI=1S/C20H24N2O3S/c23-20(13-7-10-18-8-3-1-4-9-18)21-14-16-22(17-15-21)26(24,25)19-11-5-2-6-12-19/h1-6,8-9,11-12H,7,10,13-17H2. The van der Waals surface area contributed by atoms with E-state index in [1.54, 1.807) is 35.2 Å². The second-order valence-corrected chi connectivity index (χ2v) is 8.38. The summed E-state index contributed by atoms with van der Waals surface area (Å²) in [6, 6.07) is 18.6. The fourth-order valence-electron chi connectivity index (χ4n) is 3.17. The first-order valence-electron chi connectivity index (χ1n) is 8.94. The zero-order valence-corrected chi connectivity index (χ0v) is 15.6. The van der Waals surface area contributed by atoms with Gasteiger partial charge in [0.2, 0.25) is 15.9 Å². The molecule has 6 heteroatoms. The van der Waals surface area contributed by atoms with Crippen LogP contribution < -0.4 is 0 Å². The monoisotopic (exact) mass is 372 g/mol. The Bertz CT molecular complexity index is 815. The zero-order valence-electron chi connectivity index (χ0n) is 14.8. The molecule has 1 aliphatic rings. The lowest BCUT2D eigenvalue weighted by Gasteiger charge is -2.34. The summed E-state index contributed by atoms with van der Waals surface area (Å²) < 4.78 is 26.7. The number of sulfonamides is 1. The molecule has 26 heavy (non-hydrogen) atoms. The van der Waals surface area contributed by atoms with Crippen molar-refractivity contribution in [1.29, 1.82) is 0 Å². The molecule has 0 radical (unpaired) electrons. The van der Waals surface area contributed by atoms with Crippen molar-refractivity contribution in [2.24, 2.45) is 0 Å². The molecular formula is C20H24N2O3S. The molecular weight excluding hydrogens is 348 g/mol. The second kappa shape index (κ2) is 8.47. The van der Waals surface area contributed by atoms with E-state index in [1.165, 1.54) is 9.87 Å². The van der Waals surface area contributed by atoms with E-state index in [0.717, 1.165) is 12.8 Å². The fraction of sp³-hybridized carbons (Fsp3) is 0.350. The van der Waals surface area contributed by atoms with Crippen LogP contribution in [-0.4, -0.2) is 49.7 Å². The van der Waals surface area contributed by atoms with Crippen molar-refractivity contribution in [3.63, 3.8) is 0 Å². The first-order chi connectivity index (χ1) is 12.6. The summed E-state index contributed by atoms with van der Waals surface area (Å²) in [6.07, 6.45) is 2.20. The van der Waals surface area contributed by atoms with Gasteiger partial charge >= 0.3 is 0 Å². The van der Waals surface area contributed by atoms with Crippen LogP contribution in [0.2, 0.25) is 0 Å². The number of carbonyl (C=O) groups is 1. The first kappa shape index (κ1) is 18.6. The SMILES string of the molecule is O=C(CCCc1ccccc1)N1CCN(S(=O)(=O)c2ccccc2)CC1. The molecule has 2 aromatic carbocycles. The molecule has 0 aromatic heterocycles. The molecule has 3 rings (SSSR count). The summed E-state index contributed by atoms with van der Waals surface area (Å²) in [7, 11) is -3.47. The molecule has 5 nitrogen and oxygen atoms in total. The lowest BCUT2D eigenvalue weighted by Crippen LogP contribution is -2.50. The first-order valence-corrected chi connectivity index (χ1v) is 10.4. The van der Waals surface area contributed by atoms with Crippen LogP contribution in [0.3, 0.4) is 0 Å². The number of rotatable bonds is 6. The molecule has 0 spiro atoms. The summed E-state index contributed by atoms with van der Waals surface area (Å²) in [4.78, 5) is 14.5. The molecule has 138 valence electrons. The third-order valence-electron chi connectivity index (χ3n) is 4.67. The van der Waals surface area contributed by atoms with Gasteiger partial charge in [0.15, 0.2) is 0 Å². The maximum atomic E-state index is 12.6. The molecule has 2 aromatic rings. The van der Waals surface area contributed by atoms with E-state index >= 15 is 0 Å². The van der Waals surface area contributed by atoms with Gasteiger partial charge in [0.1, 0.15) is 0 Å². The number of hydrogen-bond donors (Lipinski definition) is 0. The van der Waals surface area contributed by atoms with Crippen LogP contribution in [0.1, 0.15) is 18.4 Å². The summed E-state index contributed by atoms with van der Waals surface area (Å²) in [5.41, 5.74) is 1.24. The van der Waals surface area contributed by atoms with E-state index in [0.29, 0.717) is 37.5 Å². The van der Waals surface area contributed by atoms with Crippen molar-refractivity contribution >= 4 is 15.9 Å². The highest BCUT2D eigenvalue weighted by molar-refractivity contribution is 7.89. The van der Waals surface area contributed by atoms with Gasteiger partial charge in [0, 0.05) is 32.6 Å². The van der Waals surface area contributed by atoms with Gasteiger partial charge in [-0.3, -0.25) is 4.79 Å². The van der Waals surface area contributed by atoms with E-state index in [4.69, 9.17) is 0 Å². The molecule has 1 heterocycles. The number of nitrogens with zero attached hydrogens (tertiary/aromatic N) is 2. The molecule has 1 fully saturated rings. The van der Waals surface area contributed by atoms with Crippen molar-refractivity contribution in [3.05, 3.63) is 66.2 Å². The largest absolute Gasteiger partial charge is 0.340 e. The Labute approximate surface area is 155 Å². The second-order valence-electron chi connectivity index (χ2n) is 6.44. The lowest BCUT2D eigenvalue weighted by atomic mass is 10.1. The zero-order chi connectivity index (χ0) is 18.4. The van der Waals surface area contributed by atoms with Gasteiger partial charge in [-0.15, -0.1) is 0 Å². The summed E-state index contributed by atoms with van der Waals surface area (Å²) in [6.45, 7) is 1.61. The normalized spacial score (nSPS) is 15.8. The van der Waals surface area contributed by atoms with Gasteiger partial charge < -0.3 is 4.90 Å². The van der Waals surface area contributed by atoms with Crippen molar-refractivity contribution in [1.82, 2.24) is 9.21 Å². The predicted octanol–water partition coefficient (Wildman–Crippen LogP) is 2.54. The van der Waals surface area contributed by atoms with E-state index in [-0.39, 0.29) is 5.91 Å². The number of carbonyl (C=O) groups excluding carboxylic acids is 1. The fourth-order valence-corrected chi connectivity index (χ4v) is 4.61. The number of piperazine rings is 1. The third-order valence-corrected chi connectivity index (χ3v) is 6.58. The molecule has 1 amide bonds. The Morgan fingerprint density at radius 1 is 0.846 bits per heavy atom. The minimum absolute atomic E-state index is 0.109. The highest BCUT2D eigenvalue weighted by Gasteiger charge is 2.29. The highest BCUT2D eigenvalue weighted by atomic mass is 32.2. The van der Waals surface area contributed by atoms with Gasteiger partial charge in [0.05, 0.1) is 4.90 Å². The number of aryl methyl sites for hydroxylation is 1. The number of amides is 1. The van der Waals surface area contributed by atoms with E-state index in [2.05, 4.69) is 12.1 Å². The van der Waals surface area contributed by atoms with Gasteiger partial charge in [-0.1, -0.05) is 48.5 Å². The summed E-state index contributed by atoms with van der Waals surface area (Å²) >= 11 is 0. The van der Waals surface area contributed by atoms with E-state index in [9.17, 15) is 13.2 Å². The summed E-state index contributed by atoms with van der Waals surface area (Å²) in [5.74, 6) is 0.109. The van der Waals surface area contributed by atoms with Gasteiger partial charge in [-0.25, -0.2) is 8.42 Å². The smallest absolute Gasteiger partial charge is 0.243 e. The van der Waals surface area contributed by atoms with Crippen molar-refractivity contribution in [3.8, 4) is 0 Å². The molecule has 0 N–H and O–H groups in total. The Morgan fingerprint density at radius 2 is 1.42 bits per heavy atom. The molecule has 0 unspecified atom stereocenters. The maximum absolute atomic E-state index is 12.6. The van der Waals surface area contributed by atoms with Crippen LogP contribution in [-0.2, 0) is 21.2 Å². The maximum Gasteiger partial charge on any atom is 0.243 e. The number of benzene rings is 2. The van der Waals surface area contributed by atoms with Crippen molar-refractivity contribution in [2.75, 3.05) is 26.2 Å². The van der Waals surface area contributed by atoms with Gasteiger partial charge in [-0.05, 0) is 30.5 Å². The average molecular weight is 372 g/mol. The van der Waals surface area contributed by atoms with Crippen molar-refractivity contribution in [2.45, 2.75) is 24.2 Å². The predicted molar refractivity (Wildman–Crippen MR) is 101 cm³/mol. The molecule has 0 saturated carbocycles. The van der Waals surface area contributed by atoms with Crippen LogP contribution in [0.5, 0.6) is 0 Å². The van der Waals surface area contributed by atoms with Crippen LogP contribution in [0, 0.1) is 0 Å². The molecule has 1 saturated heterocycles. The Hall–Kier alpha value is -2.18. The van der Waals surface area contributed by atoms with E-state index in [1.807, 2.05) is 18.2 Å². The molecule has 0 aliphatic carbocycles. The Balaban J connectivity index is 1.48. The lowest BCUT2D eigenvalue weighted by molar-refractivity contribution is -0.132. The highest BCUT2D eigenvalue weighted by Crippen LogP contribution is 2.17. The van der Waals surface area contributed by atoms with Crippen LogP contribution >= 0.6 is 0 Å². The van der Waals surface area contributed by atoms with Gasteiger partial charge in [0.25, 0.3) is 0 Å². The van der Waals surface area contributed by atoms with Crippen LogP contribution in [0.25, 0.3) is 0 Å². The Morgan fingerprint density at radius 3 is 2.04 bits per heavy atom. The molecule has 0 bridgehead atoms. The molecule has 1 aliphatic heterocycles. The van der Waals surface area contributed by atoms with E-state index < -0.39 is 10.0 Å².